The molecule has 0 amide bonds. The van der Waals surface area contributed by atoms with Crippen LogP contribution in [0, 0.1) is 0 Å². The number of nitrogens with zero attached hydrogens (tertiary/aromatic N) is 2. The van der Waals surface area contributed by atoms with Crippen molar-refractivity contribution in [3.63, 3.8) is 0 Å². The van der Waals surface area contributed by atoms with Crippen LogP contribution in [0.4, 0.5) is 17.1 Å². The lowest BCUT2D eigenvalue weighted by Crippen LogP contribution is -2.24. The van der Waals surface area contributed by atoms with Crippen molar-refractivity contribution < 1.29 is 8.76 Å². The molecule has 0 N–H and O–H groups in total. The quantitative estimate of drug-likeness (QED) is 0.629. The Labute approximate surface area is 124 Å². The van der Waals surface area contributed by atoms with Crippen LogP contribution in [0.1, 0.15) is 6.92 Å². The van der Waals surface area contributed by atoms with Gasteiger partial charge < -0.3 is 13.5 Å². The van der Waals surface area contributed by atoms with Gasteiger partial charge in [-0.05, 0) is 52.7 Å². The van der Waals surface area contributed by atoms with Crippen LogP contribution in [0.25, 0.3) is 0 Å². The average Bonchev–Trinajstić information content (AvgIpc) is 2.48. The molecule has 0 aliphatic rings. The molecule has 0 heterocycles. The van der Waals surface area contributed by atoms with E-state index in [0.29, 0.717) is 12.2 Å². The molecule has 2 aromatic carbocycles. The van der Waals surface area contributed by atoms with Crippen molar-refractivity contribution in [1.82, 2.24) is 0 Å². The topological polar surface area (TPSA) is 46.6 Å². The van der Waals surface area contributed by atoms with Crippen molar-refractivity contribution in [2.75, 3.05) is 15.5 Å². The van der Waals surface area contributed by atoms with Crippen molar-refractivity contribution >= 4 is 37.7 Å². The summed E-state index contributed by atoms with van der Waals surface area (Å²) >= 11 is -2.24. The Morgan fingerprint density at radius 1 is 1.00 bits per heavy atom. The minimum Gasteiger partial charge on any atom is -0.755 e. The zero-order valence-corrected chi connectivity index (χ0v) is 13.1. The largest absolute Gasteiger partial charge is 0.755 e. The lowest BCUT2D eigenvalue weighted by Gasteiger charge is -2.26. The summed E-state index contributed by atoms with van der Waals surface area (Å²) in [5.74, 6) is 0. The van der Waals surface area contributed by atoms with Crippen LogP contribution in [-0.4, -0.2) is 15.3 Å². The Hall–Kier alpha value is -1.42. The van der Waals surface area contributed by atoms with Crippen LogP contribution in [0.15, 0.2) is 54.6 Å². The third kappa shape index (κ3) is 3.37. The van der Waals surface area contributed by atoms with Crippen LogP contribution in [0.3, 0.4) is 0 Å². The van der Waals surface area contributed by atoms with Gasteiger partial charge in [-0.25, -0.2) is 0 Å². The van der Waals surface area contributed by atoms with Gasteiger partial charge in [0.1, 0.15) is 0 Å². The first-order valence-electron chi connectivity index (χ1n) is 6.20. The maximum absolute atomic E-state index is 11.1. The summed E-state index contributed by atoms with van der Waals surface area (Å²) in [6.45, 7) is 2.22. The molecule has 0 aliphatic heterocycles. The van der Waals surface area contributed by atoms with E-state index in [-0.39, 0.29) is 0 Å². The summed E-state index contributed by atoms with van der Waals surface area (Å²) in [4.78, 5) is 0. The van der Waals surface area contributed by atoms with Crippen molar-refractivity contribution in [3.8, 4) is 0 Å². The van der Waals surface area contributed by atoms with Gasteiger partial charge in [-0.1, -0.05) is 18.2 Å². The molecule has 0 saturated heterocycles. The fourth-order valence-electron chi connectivity index (χ4n) is 1.89. The highest BCUT2D eigenvalue weighted by molar-refractivity contribution is 7.80. The summed E-state index contributed by atoms with van der Waals surface area (Å²) in [5.41, 5.74) is 2.68. The van der Waals surface area contributed by atoms with E-state index in [4.69, 9.17) is 0 Å². The first-order valence-corrected chi connectivity index (χ1v) is 7.75. The second-order valence-corrected chi connectivity index (χ2v) is 5.53. The number of para-hydroxylation sites is 1. The molecule has 4 nitrogen and oxygen atoms in total. The predicted molar refractivity (Wildman–Crippen MR) is 86.7 cm³/mol. The lowest BCUT2D eigenvalue weighted by molar-refractivity contribution is 0.533. The molecule has 20 heavy (non-hydrogen) atoms. The fraction of sp³-hybridized carbons (Fsp3) is 0.143. The second-order valence-electron chi connectivity index (χ2n) is 4.13. The molecule has 106 valence electrons. The standard InChI is InChI=1S/C14H17N2O2PS/c1-2-15(20(17)18)12-8-10-14(11-9-12)16(19)13-6-4-3-5-7-13/h3-11H,2,19H2,1H3,(H,17,18)/p-1. The highest BCUT2D eigenvalue weighted by Gasteiger charge is 2.07. The molecule has 0 radical (unpaired) electrons. The molecule has 0 saturated carbocycles. The van der Waals surface area contributed by atoms with Gasteiger partial charge in [0.25, 0.3) is 0 Å². The Morgan fingerprint density at radius 2 is 1.50 bits per heavy atom. The number of anilines is 3. The summed E-state index contributed by atoms with van der Waals surface area (Å²) in [7, 11) is 2.66. The third-order valence-corrected chi connectivity index (χ3v) is 4.34. The number of hydrogen-bond acceptors (Lipinski definition) is 3. The zero-order valence-electron chi connectivity index (χ0n) is 11.1. The molecule has 2 unspecified atom stereocenters. The Bertz CT molecular complexity index is 577. The normalized spacial score (nSPS) is 11.9. The van der Waals surface area contributed by atoms with Crippen molar-refractivity contribution in [3.05, 3.63) is 54.6 Å². The molecular weight excluding hydrogens is 291 g/mol. The Morgan fingerprint density at radius 3 is 2.00 bits per heavy atom. The maximum atomic E-state index is 11.1. The fourth-order valence-corrected chi connectivity index (χ4v) is 2.74. The van der Waals surface area contributed by atoms with Gasteiger partial charge in [0, 0.05) is 34.9 Å². The van der Waals surface area contributed by atoms with E-state index in [0.717, 1.165) is 11.4 Å². The summed E-state index contributed by atoms with van der Waals surface area (Å²) in [5, 5.41) is 0. The number of rotatable bonds is 5. The van der Waals surface area contributed by atoms with Crippen molar-refractivity contribution in [1.29, 1.82) is 0 Å². The van der Waals surface area contributed by atoms with E-state index in [2.05, 4.69) is 9.39 Å². The average molecular weight is 307 g/mol. The van der Waals surface area contributed by atoms with E-state index < -0.39 is 11.3 Å². The van der Waals surface area contributed by atoms with Gasteiger partial charge >= 0.3 is 0 Å². The van der Waals surface area contributed by atoms with Gasteiger partial charge in [0.2, 0.25) is 0 Å². The van der Waals surface area contributed by atoms with E-state index in [9.17, 15) is 8.76 Å². The molecule has 2 atom stereocenters. The highest BCUT2D eigenvalue weighted by atomic mass is 32.2. The van der Waals surface area contributed by atoms with Gasteiger partial charge in [-0.2, -0.15) is 0 Å². The molecule has 2 aromatic rings. The van der Waals surface area contributed by atoms with Crippen LogP contribution in [0.5, 0.6) is 0 Å². The van der Waals surface area contributed by atoms with Crippen LogP contribution in [0.2, 0.25) is 0 Å². The smallest absolute Gasteiger partial charge is 0.0483 e. The summed E-state index contributed by atoms with van der Waals surface area (Å²) < 4.78 is 25.4. The minimum atomic E-state index is -2.24. The molecule has 0 spiro atoms. The number of hydrogen-bond donors (Lipinski definition) is 0. The van der Waals surface area contributed by atoms with Gasteiger partial charge in [0.05, 0.1) is 0 Å². The minimum absolute atomic E-state index is 0.415. The summed E-state index contributed by atoms with van der Waals surface area (Å²) in [6, 6.07) is 17.3. The molecule has 0 aromatic heterocycles. The third-order valence-electron chi connectivity index (χ3n) is 2.92. The van der Waals surface area contributed by atoms with Crippen molar-refractivity contribution in [2.24, 2.45) is 0 Å². The van der Waals surface area contributed by atoms with Gasteiger partial charge in [-0.15, -0.1) is 0 Å². The first kappa shape index (κ1) is 15.0. The maximum Gasteiger partial charge on any atom is 0.0483 e. The SMILES string of the molecule is CCN(c1ccc(N(P)c2ccccc2)cc1)S(=O)[O-]. The molecular formula is C14H16N2O2PS-. The molecule has 2 rings (SSSR count). The monoisotopic (exact) mass is 307 g/mol. The highest BCUT2D eigenvalue weighted by Crippen LogP contribution is 2.30. The molecule has 6 heteroatoms. The van der Waals surface area contributed by atoms with Crippen LogP contribution < -0.4 is 8.98 Å². The lowest BCUT2D eigenvalue weighted by atomic mass is 10.2. The van der Waals surface area contributed by atoms with Crippen molar-refractivity contribution in [2.45, 2.75) is 6.92 Å². The van der Waals surface area contributed by atoms with Gasteiger partial charge in [-0.3, -0.25) is 4.21 Å². The Balaban J connectivity index is 2.22. The molecule has 0 bridgehead atoms. The van der Waals surface area contributed by atoms with Crippen LogP contribution >= 0.6 is 9.39 Å². The van der Waals surface area contributed by atoms with E-state index in [1.54, 1.807) is 19.1 Å². The van der Waals surface area contributed by atoms with E-state index in [1.807, 2.05) is 47.1 Å². The second kappa shape index (κ2) is 6.84. The predicted octanol–water partition coefficient (Wildman–Crippen LogP) is 3.24. The summed E-state index contributed by atoms with van der Waals surface area (Å²) in [6.07, 6.45) is 0. The molecule has 0 fully saturated rings. The zero-order chi connectivity index (χ0) is 14.5. The van der Waals surface area contributed by atoms with Crippen LogP contribution in [-0.2, 0) is 11.3 Å². The molecule has 0 aliphatic carbocycles. The first-order chi connectivity index (χ1) is 9.63. The van der Waals surface area contributed by atoms with Gasteiger partial charge in [0.15, 0.2) is 0 Å². The Kier molecular flexibility index (Phi) is 5.12. The van der Waals surface area contributed by atoms with E-state index in [1.165, 1.54) is 4.31 Å². The number of benzene rings is 2. The van der Waals surface area contributed by atoms with E-state index >= 15 is 0 Å².